The molecule has 4 heteroatoms. The second-order valence-electron chi connectivity index (χ2n) is 4.04. The van der Waals surface area contributed by atoms with Gasteiger partial charge >= 0.3 is 0 Å². The minimum atomic E-state index is -0.0331. The molecule has 17 heavy (non-hydrogen) atoms. The summed E-state index contributed by atoms with van der Waals surface area (Å²) in [4.78, 5) is 8.36. The normalized spacial score (nSPS) is 11.9. The summed E-state index contributed by atoms with van der Waals surface area (Å²) in [6, 6.07) is 1.70. The van der Waals surface area contributed by atoms with Crippen molar-refractivity contribution in [3.8, 4) is 18.2 Å². The molecule has 0 aromatic carbocycles. The van der Waals surface area contributed by atoms with Gasteiger partial charge in [-0.2, -0.15) is 4.98 Å². The number of terminal acetylenes is 1. The second kappa shape index (κ2) is 6.74. The Hall–Kier alpha value is -1.76. The smallest absolute Gasteiger partial charge is 0.226 e. The monoisotopic (exact) mass is 233 g/mol. The first-order chi connectivity index (χ1) is 8.15. The first-order valence-electron chi connectivity index (χ1n) is 5.88. The zero-order chi connectivity index (χ0) is 12.7. The maximum absolute atomic E-state index is 5.49. The fourth-order valence-corrected chi connectivity index (χ4v) is 1.36. The maximum Gasteiger partial charge on any atom is 0.226 e. The molecule has 0 aliphatic heterocycles. The van der Waals surface area contributed by atoms with Crippen molar-refractivity contribution in [1.82, 2.24) is 9.97 Å². The summed E-state index contributed by atoms with van der Waals surface area (Å²) >= 11 is 0. The lowest BCUT2D eigenvalue weighted by Crippen LogP contribution is -2.19. The molecule has 0 radical (unpaired) electrons. The van der Waals surface area contributed by atoms with E-state index in [9.17, 15) is 0 Å². The van der Waals surface area contributed by atoms with E-state index in [0.29, 0.717) is 11.8 Å². The Kier molecular flexibility index (Phi) is 5.28. The standard InChI is InChI=1S/C13H19N3O/c1-5-7-11(6-2)15-13-14-9-8-12(16-13)17-10(3)4/h2,8-11H,5,7H2,1,3-4H3,(H,14,15,16). The Morgan fingerprint density at radius 3 is 2.88 bits per heavy atom. The van der Waals surface area contributed by atoms with Crippen LogP contribution in [0.15, 0.2) is 12.3 Å². The largest absolute Gasteiger partial charge is 0.475 e. The third kappa shape index (κ3) is 4.73. The number of nitrogens with zero attached hydrogens (tertiary/aromatic N) is 2. The molecule has 0 aliphatic carbocycles. The van der Waals surface area contributed by atoms with Gasteiger partial charge in [-0.15, -0.1) is 6.42 Å². The number of hydrogen-bond acceptors (Lipinski definition) is 4. The minimum absolute atomic E-state index is 0.0331. The second-order valence-corrected chi connectivity index (χ2v) is 4.04. The van der Waals surface area contributed by atoms with Crippen LogP contribution in [0.3, 0.4) is 0 Å². The van der Waals surface area contributed by atoms with Crippen molar-refractivity contribution < 1.29 is 4.74 Å². The molecule has 1 unspecified atom stereocenters. The van der Waals surface area contributed by atoms with Crippen molar-refractivity contribution in [2.45, 2.75) is 45.8 Å². The summed E-state index contributed by atoms with van der Waals surface area (Å²) in [5.41, 5.74) is 0. The summed E-state index contributed by atoms with van der Waals surface area (Å²) < 4.78 is 5.49. The summed E-state index contributed by atoms with van der Waals surface area (Å²) in [7, 11) is 0. The highest BCUT2D eigenvalue weighted by molar-refractivity contribution is 5.31. The Morgan fingerprint density at radius 2 is 2.29 bits per heavy atom. The van der Waals surface area contributed by atoms with E-state index in [1.807, 2.05) is 13.8 Å². The first-order valence-corrected chi connectivity index (χ1v) is 5.88. The van der Waals surface area contributed by atoms with Crippen molar-refractivity contribution >= 4 is 5.95 Å². The molecule has 0 fully saturated rings. The van der Waals surface area contributed by atoms with Crippen LogP contribution < -0.4 is 10.1 Å². The number of nitrogens with one attached hydrogen (secondary N) is 1. The van der Waals surface area contributed by atoms with Crippen molar-refractivity contribution in [3.63, 3.8) is 0 Å². The van der Waals surface area contributed by atoms with Crippen molar-refractivity contribution in [2.75, 3.05) is 5.32 Å². The van der Waals surface area contributed by atoms with Crippen LogP contribution in [0.5, 0.6) is 5.88 Å². The van der Waals surface area contributed by atoms with E-state index < -0.39 is 0 Å². The summed E-state index contributed by atoms with van der Waals surface area (Å²) in [5, 5.41) is 3.10. The van der Waals surface area contributed by atoms with Gasteiger partial charge in [-0.3, -0.25) is 0 Å². The van der Waals surface area contributed by atoms with Crippen molar-refractivity contribution in [2.24, 2.45) is 0 Å². The summed E-state index contributed by atoms with van der Waals surface area (Å²) in [6.45, 7) is 6.00. The molecule has 1 aromatic rings. The molecule has 0 saturated heterocycles. The van der Waals surface area contributed by atoms with Gasteiger partial charge in [0.1, 0.15) is 0 Å². The van der Waals surface area contributed by atoms with Gasteiger partial charge in [0.15, 0.2) is 0 Å². The van der Waals surface area contributed by atoms with E-state index >= 15 is 0 Å². The lowest BCUT2D eigenvalue weighted by Gasteiger charge is -2.13. The topological polar surface area (TPSA) is 47.0 Å². The molecule has 1 aromatic heterocycles. The summed E-state index contributed by atoms with van der Waals surface area (Å²) in [5.74, 6) is 3.75. The van der Waals surface area contributed by atoms with E-state index in [-0.39, 0.29) is 12.1 Å². The molecular weight excluding hydrogens is 214 g/mol. The van der Waals surface area contributed by atoms with E-state index in [1.54, 1.807) is 12.3 Å². The first kappa shape index (κ1) is 13.3. The highest BCUT2D eigenvalue weighted by atomic mass is 16.5. The molecule has 1 atom stereocenters. The minimum Gasteiger partial charge on any atom is -0.475 e. The number of aromatic nitrogens is 2. The third-order valence-corrected chi connectivity index (χ3v) is 2.07. The van der Waals surface area contributed by atoms with Gasteiger partial charge in [-0.25, -0.2) is 4.98 Å². The Bertz CT molecular complexity index is 384. The van der Waals surface area contributed by atoms with Crippen LogP contribution in [-0.4, -0.2) is 22.1 Å². The Balaban J connectivity index is 2.68. The van der Waals surface area contributed by atoms with Gasteiger partial charge in [0.25, 0.3) is 0 Å². The quantitative estimate of drug-likeness (QED) is 0.767. The van der Waals surface area contributed by atoms with E-state index in [2.05, 4.69) is 28.1 Å². The van der Waals surface area contributed by atoms with Crippen LogP contribution in [-0.2, 0) is 0 Å². The third-order valence-electron chi connectivity index (χ3n) is 2.07. The molecule has 0 spiro atoms. The van der Waals surface area contributed by atoms with Crippen LogP contribution in [0.1, 0.15) is 33.6 Å². The predicted molar refractivity (Wildman–Crippen MR) is 68.9 cm³/mol. The average molecular weight is 233 g/mol. The van der Waals surface area contributed by atoms with E-state index in [0.717, 1.165) is 12.8 Å². The molecule has 0 saturated carbocycles. The molecular formula is C13H19N3O. The molecule has 0 amide bonds. The maximum atomic E-state index is 5.49. The van der Waals surface area contributed by atoms with Gasteiger partial charge in [0, 0.05) is 12.3 Å². The van der Waals surface area contributed by atoms with Crippen LogP contribution in [0.4, 0.5) is 5.95 Å². The van der Waals surface area contributed by atoms with E-state index in [4.69, 9.17) is 11.2 Å². The van der Waals surface area contributed by atoms with E-state index in [1.165, 1.54) is 0 Å². The van der Waals surface area contributed by atoms with Crippen molar-refractivity contribution in [3.05, 3.63) is 12.3 Å². The van der Waals surface area contributed by atoms with Gasteiger partial charge in [-0.05, 0) is 20.3 Å². The molecule has 92 valence electrons. The lowest BCUT2D eigenvalue weighted by molar-refractivity contribution is 0.232. The Labute approximate surface area is 103 Å². The average Bonchev–Trinajstić information content (AvgIpc) is 2.28. The zero-order valence-corrected chi connectivity index (χ0v) is 10.6. The van der Waals surface area contributed by atoms with Crippen molar-refractivity contribution in [1.29, 1.82) is 0 Å². The fraction of sp³-hybridized carbons (Fsp3) is 0.538. The molecule has 0 bridgehead atoms. The molecule has 1 N–H and O–H groups in total. The fourth-order valence-electron chi connectivity index (χ4n) is 1.36. The zero-order valence-electron chi connectivity index (χ0n) is 10.6. The highest BCUT2D eigenvalue weighted by Crippen LogP contribution is 2.11. The Morgan fingerprint density at radius 1 is 1.53 bits per heavy atom. The van der Waals surface area contributed by atoms with Gasteiger partial charge < -0.3 is 10.1 Å². The number of anilines is 1. The molecule has 1 heterocycles. The van der Waals surface area contributed by atoms with Gasteiger partial charge in [0.2, 0.25) is 11.8 Å². The number of hydrogen-bond donors (Lipinski definition) is 1. The number of rotatable bonds is 6. The van der Waals surface area contributed by atoms with Crippen LogP contribution in [0.2, 0.25) is 0 Å². The van der Waals surface area contributed by atoms with Crippen LogP contribution in [0, 0.1) is 12.3 Å². The number of ether oxygens (including phenoxy) is 1. The molecule has 1 rings (SSSR count). The van der Waals surface area contributed by atoms with Gasteiger partial charge in [-0.1, -0.05) is 19.3 Å². The summed E-state index contributed by atoms with van der Waals surface area (Å²) in [6.07, 6.45) is 9.10. The SMILES string of the molecule is C#CC(CCC)Nc1nccc(OC(C)C)n1. The van der Waals surface area contributed by atoms with Crippen LogP contribution >= 0.6 is 0 Å². The highest BCUT2D eigenvalue weighted by Gasteiger charge is 2.07. The predicted octanol–water partition coefficient (Wildman–Crippen LogP) is 2.48. The van der Waals surface area contributed by atoms with Crippen LogP contribution in [0.25, 0.3) is 0 Å². The molecule has 4 nitrogen and oxygen atoms in total. The lowest BCUT2D eigenvalue weighted by atomic mass is 10.2. The van der Waals surface area contributed by atoms with Gasteiger partial charge in [0.05, 0.1) is 12.1 Å². The molecule has 0 aliphatic rings.